The van der Waals surface area contributed by atoms with Crippen molar-refractivity contribution < 1.29 is 14.7 Å². The highest BCUT2D eigenvalue weighted by atomic mass is 16.4. The van der Waals surface area contributed by atoms with E-state index in [0.717, 1.165) is 25.7 Å². The van der Waals surface area contributed by atoms with Crippen molar-refractivity contribution in [2.24, 2.45) is 0 Å². The summed E-state index contributed by atoms with van der Waals surface area (Å²) in [5.41, 5.74) is -1.18. The molecule has 5 heteroatoms. The quantitative estimate of drug-likeness (QED) is 0.833. The number of likely N-dealkylation sites (N-methyl/N-ethyl adjacent to an activating group) is 1. The SMILES string of the molecule is CCN(C(=O)NC1CCCCCCC1)C(C)(C)C(=O)O. The first-order valence-electron chi connectivity index (χ1n) is 7.71. The fourth-order valence-corrected chi connectivity index (χ4v) is 2.76. The van der Waals surface area contributed by atoms with E-state index in [4.69, 9.17) is 0 Å². The van der Waals surface area contributed by atoms with Crippen LogP contribution >= 0.6 is 0 Å². The first kappa shape index (κ1) is 16.8. The first-order chi connectivity index (χ1) is 9.39. The molecule has 2 amide bonds. The van der Waals surface area contributed by atoms with E-state index in [0.29, 0.717) is 6.54 Å². The van der Waals surface area contributed by atoms with Gasteiger partial charge in [-0.1, -0.05) is 32.1 Å². The summed E-state index contributed by atoms with van der Waals surface area (Å²) in [6.45, 7) is 5.33. The number of aliphatic carboxylic acids is 1. The molecule has 2 N–H and O–H groups in total. The van der Waals surface area contributed by atoms with Gasteiger partial charge in [0.05, 0.1) is 0 Å². The summed E-state index contributed by atoms with van der Waals surface area (Å²) in [5.74, 6) is -0.979. The number of nitrogens with zero attached hydrogens (tertiary/aromatic N) is 1. The van der Waals surface area contributed by atoms with Crippen molar-refractivity contribution in [2.75, 3.05) is 6.54 Å². The molecule has 5 nitrogen and oxygen atoms in total. The van der Waals surface area contributed by atoms with Crippen LogP contribution in [0.15, 0.2) is 0 Å². The van der Waals surface area contributed by atoms with E-state index >= 15 is 0 Å². The number of hydrogen-bond acceptors (Lipinski definition) is 2. The van der Waals surface area contributed by atoms with Gasteiger partial charge in [0.15, 0.2) is 0 Å². The number of carboxylic acid groups (broad SMARTS) is 1. The minimum absolute atomic E-state index is 0.182. The van der Waals surface area contributed by atoms with Gasteiger partial charge in [0, 0.05) is 12.6 Å². The molecule has 116 valence electrons. The van der Waals surface area contributed by atoms with Crippen LogP contribution in [0.25, 0.3) is 0 Å². The molecule has 0 atom stereocenters. The standard InChI is InChI=1S/C15H28N2O3/c1-4-17(15(2,3)13(18)19)14(20)16-12-10-8-6-5-7-9-11-12/h12H,4-11H2,1-3H3,(H,16,20)(H,18,19). The zero-order valence-corrected chi connectivity index (χ0v) is 12.9. The van der Waals surface area contributed by atoms with Crippen LogP contribution in [0.3, 0.4) is 0 Å². The molecule has 1 rings (SSSR count). The van der Waals surface area contributed by atoms with Crippen molar-refractivity contribution in [1.29, 1.82) is 0 Å². The molecule has 0 saturated heterocycles. The highest BCUT2D eigenvalue weighted by molar-refractivity contribution is 5.85. The first-order valence-corrected chi connectivity index (χ1v) is 7.71. The Bertz CT molecular complexity index is 334. The van der Waals surface area contributed by atoms with Gasteiger partial charge in [-0.2, -0.15) is 0 Å². The van der Waals surface area contributed by atoms with Crippen LogP contribution in [0.2, 0.25) is 0 Å². The Kier molecular flexibility index (Phi) is 6.30. The third kappa shape index (κ3) is 4.39. The van der Waals surface area contributed by atoms with E-state index in [1.54, 1.807) is 13.8 Å². The van der Waals surface area contributed by atoms with Crippen LogP contribution in [-0.2, 0) is 4.79 Å². The third-order valence-corrected chi connectivity index (χ3v) is 4.19. The zero-order valence-electron chi connectivity index (χ0n) is 12.9. The van der Waals surface area contributed by atoms with E-state index in [-0.39, 0.29) is 12.1 Å². The molecule has 0 aromatic rings. The molecule has 0 heterocycles. The number of amides is 2. The molecule has 0 spiro atoms. The molecule has 0 aliphatic heterocycles. The van der Waals surface area contributed by atoms with Gasteiger partial charge in [-0.15, -0.1) is 0 Å². The van der Waals surface area contributed by atoms with E-state index < -0.39 is 11.5 Å². The highest BCUT2D eigenvalue weighted by Gasteiger charge is 2.37. The molecule has 0 bridgehead atoms. The normalized spacial score (nSPS) is 17.9. The monoisotopic (exact) mass is 284 g/mol. The van der Waals surface area contributed by atoms with Crippen LogP contribution in [0.4, 0.5) is 4.79 Å². The topological polar surface area (TPSA) is 69.6 Å². The Hall–Kier alpha value is -1.26. The fourth-order valence-electron chi connectivity index (χ4n) is 2.76. The largest absolute Gasteiger partial charge is 0.480 e. The van der Waals surface area contributed by atoms with Crippen LogP contribution in [0.5, 0.6) is 0 Å². The highest BCUT2D eigenvalue weighted by Crippen LogP contribution is 2.19. The van der Waals surface area contributed by atoms with E-state index in [1.165, 1.54) is 24.2 Å². The second-order valence-corrected chi connectivity index (χ2v) is 6.10. The summed E-state index contributed by atoms with van der Waals surface area (Å²) in [6.07, 6.45) is 8.01. The zero-order chi connectivity index (χ0) is 15.2. The lowest BCUT2D eigenvalue weighted by atomic mass is 9.96. The van der Waals surface area contributed by atoms with Gasteiger partial charge in [-0.05, 0) is 33.6 Å². The minimum Gasteiger partial charge on any atom is -0.480 e. The Morgan fingerprint density at radius 1 is 1.15 bits per heavy atom. The Morgan fingerprint density at radius 3 is 2.10 bits per heavy atom. The van der Waals surface area contributed by atoms with Gasteiger partial charge >= 0.3 is 12.0 Å². The molecule has 1 aliphatic carbocycles. The second kappa shape index (κ2) is 7.50. The molecular formula is C15H28N2O3. The molecule has 1 aliphatic rings. The molecule has 1 saturated carbocycles. The van der Waals surface area contributed by atoms with E-state index in [1.807, 2.05) is 6.92 Å². The lowest BCUT2D eigenvalue weighted by Crippen LogP contribution is -2.57. The van der Waals surface area contributed by atoms with Gasteiger partial charge < -0.3 is 15.3 Å². The smallest absolute Gasteiger partial charge is 0.329 e. The lowest BCUT2D eigenvalue weighted by molar-refractivity contribution is -0.147. The summed E-state index contributed by atoms with van der Waals surface area (Å²) < 4.78 is 0. The number of hydrogen-bond donors (Lipinski definition) is 2. The number of urea groups is 1. The van der Waals surface area contributed by atoms with Crippen molar-refractivity contribution in [1.82, 2.24) is 10.2 Å². The van der Waals surface area contributed by atoms with E-state index in [2.05, 4.69) is 5.32 Å². The maximum Gasteiger partial charge on any atom is 0.329 e. The third-order valence-electron chi connectivity index (χ3n) is 4.19. The van der Waals surface area contributed by atoms with Gasteiger partial charge in [0.25, 0.3) is 0 Å². The molecule has 0 radical (unpaired) electrons. The lowest BCUT2D eigenvalue weighted by Gasteiger charge is -2.35. The number of rotatable bonds is 4. The molecule has 0 aromatic heterocycles. The average molecular weight is 284 g/mol. The van der Waals surface area contributed by atoms with Crippen molar-refractivity contribution in [3.05, 3.63) is 0 Å². The summed E-state index contributed by atoms with van der Waals surface area (Å²) >= 11 is 0. The summed E-state index contributed by atoms with van der Waals surface area (Å²) in [7, 11) is 0. The maximum absolute atomic E-state index is 12.3. The Balaban J connectivity index is 2.64. The van der Waals surface area contributed by atoms with Gasteiger partial charge in [-0.25, -0.2) is 9.59 Å². The van der Waals surface area contributed by atoms with Gasteiger partial charge in [0.1, 0.15) is 5.54 Å². The van der Waals surface area contributed by atoms with Crippen molar-refractivity contribution in [3.8, 4) is 0 Å². The second-order valence-electron chi connectivity index (χ2n) is 6.10. The summed E-state index contributed by atoms with van der Waals surface area (Å²) in [6, 6.07) is -0.0769. The molecular weight excluding hydrogens is 256 g/mol. The number of carboxylic acids is 1. The number of nitrogens with one attached hydrogen (secondary N) is 1. The van der Waals surface area contributed by atoms with Gasteiger partial charge in [-0.3, -0.25) is 0 Å². The van der Waals surface area contributed by atoms with Crippen molar-refractivity contribution in [3.63, 3.8) is 0 Å². The number of carbonyl (C=O) groups is 2. The van der Waals surface area contributed by atoms with Crippen molar-refractivity contribution >= 4 is 12.0 Å². The molecule has 0 unspecified atom stereocenters. The van der Waals surface area contributed by atoms with Crippen LogP contribution in [-0.4, -0.2) is 40.1 Å². The predicted molar refractivity (Wildman–Crippen MR) is 78.7 cm³/mol. The summed E-state index contributed by atoms with van der Waals surface area (Å²) in [4.78, 5) is 25.0. The minimum atomic E-state index is -1.18. The van der Waals surface area contributed by atoms with Crippen molar-refractivity contribution in [2.45, 2.75) is 77.3 Å². The van der Waals surface area contributed by atoms with Gasteiger partial charge in [0.2, 0.25) is 0 Å². The summed E-state index contributed by atoms with van der Waals surface area (Å²) in [5, 5.41) is 12.3. The Labute approximate surface area is 121 Å². The van der Waals surface area contributed by atoms with Crippen LogP contribution < -0.4 is 5.32 Å². The average Bonchev–Trinajstić information content (AvgIpc) is 2.32. The molecule has 0 aromatic carbocycles. The molecule has 20 heavy (non-hydrogen) atoms. The number of carbonyl (C=O) groups excluding carboxylic acids is 1. The Morgan fingerprint density at radius 2 is 1.65 bits per heavy atom. The maximum atomic E-state index is 12.3. The van der Waals surface area contributed by atoms with Crippen LogP contribution in [0, 0.1) is 0 Å². The predicted octanol–water partition coefficient (Wildman–Crippen LogP) is 2.99. The van der Waals surface area contributed by atoms with Crippen LogP contribution in [0.1, 0.15) is 65.7 Å². The van der Waals surface area contributed by atoms with E-state index in [9.17, 15) is 14.7 Å². The fraction of sp³-hybridized carbons (Fsp3) is 0.867. The molecule has 1 fully saturated rings.